The number of ketones is 5. The van der Waals surface area contributed by atoms with E-state index < -0.39 is 0 Å². The third-order valence-corrected chi connectivity index (χ3v) is 2.88. The summed E-state index contributed by atoms with van der Waals surface area (Å²) in [5, 5.41) is 0. The van der Waals surface area contributed by atoms with E-state index in [-0.39, 0.29) is 80.3 Å². The Kier molecular flexibility index (Phi) is 9.34. The lowest BCUT2D eigenvalue weighted by Crippen LogP contribution is -2.08. The van der Waals surface area contributed by atoms with Crippen LogP contribution in [0.15, 0.2) is 0 Å². The Morgan fingerprint density at radius 1 is 0.450 bits per heavy atom. The summed E-state index contributed by atoms with van der Waals surface area (Å²) in [7, 11) is 0. The van der Waals surface area contributed by atoms with Crippen LogP contribution in [0.1, 0.15) is 65.2 Å². The predicted molar refractivity (Wildman–Crippen MR) is 73.3 cm³/mol. The highest BCUT2D eigenvalue weighted by Crippen LogP contribution is 2.06. The quantitative estimate of drug-likeness (QED) is 0.546. The van der Waals surface area contributed by atoms with Gasteiger partial charge in [-0.2, -0.15) is 0 Å². The highest BCUT2D eigenvalue weighted by molar-refractivity contribution is 5.91. The summed E-state index contributed by atoms with van der Waals surface area (Å²) in [5.41, 5.74) is 0. The Hall–Kier alpha value is -1.65. The maximum Gasteiger partial charge on any atom is 0.133 e. The molecule has 0 heterocycles. The average molecular weight is 282 g/mol. The van der Waals surface area contributed by atoms with E-state index in [0.717, 1.165) is 0 Å². The second kappa shape index (κ2) is 10.2. The lowest BCUT2D eigenvalue weighted by atomic mass is 10.0. The summed E-state index contributed by atoms with van der Waals surface area (Å²) in [6, 6.07) is 0. The number of hydrogen-bond acceptors (Lipinski definition) is 5. The molecule has 5 heteroatoms. The fourth-order valence-corrected chi connectivity index (χ4v) is 1.56. The highest BCUT2D eigenvalue weighted by atomic mass is 16.1. The third-order valence-electron chi connectivity index (χ3n) is 2.88. The van der Waals surface area contributed by atoms with E-state index in [1.54, 1.807) is 0 Å². The molecule has 0 amide bonds. The van der Waals surface area contributed by atoms with Crippen LogP contribution in [0.25, 0.3) is 0 Å². The van der Waals surface area contributed by atoms with Gasteiger partial charge in [0.2, 0.25) is 0 Å². The second-order valence-electron chi connectivity index (χ2n) is 5.02. The number of carbonyl (C=O) groups is 5. The van der Waals surface area contributed by atoms with Crippen molar-refractivity contribution in [3.8, 4) is 0 Å². The smallest absolute Gasteiger partial charge is 0.133 e. The minimum atomic E-state index is -0.127. The van der Waals surface area contributed by atoms with Gasteiger partial charge in [0.1, 0.15) is 28.9 Å². The van der Waals surface area contributed by atoms with Crippen LogP contribution in [-0.2, 0) is 24.0 Å². The maximum atomic E-state index is 11.5. The summed E-state index contributed by atoms with van der Waals surface area (Å²) in [5.74, 6) is -0.410. The standard InChI is InChI=1S/C15H22O5/c1-11(16)3-5-13(18)7-9-15(20)10-8-14(19)6-4-12(2)17/h3-10H2,1-2H3. The molecule has 0 bridgehead atoms. The van der Waals surface area contributed by atoms with E-state index >= 15 is 0 Å². The van der Waals surface area contributed by atoms with Gasteiger partial charge in [0.25, 0.3) is 0 Å². The summed E-state index contributed by atoms with van der Waals surface area (Å²) < 4.78 is 0. The average Bonchev–Trinajstić information content (AvgIpc) is 2.37. The lowest BCUT2D eigenvalue weighted by molar-refractivity contribution is -0.127. The number of Topliss-reactive ketones (excluding diaryl/α,β-unsaturated/α-hetero) is 5. The van der Waals surface area contributed by atoms with Crippen LogP contribution in [-0.4, -0.2) is 28.9 Å². The van der Waals surface area contributed by atoms with E-state index in [9.17, 15) is 24.0 Å². The van der Waals surface area contributed by atoms with Gasteiger partial charge in [-0.3, -0.25) is 14.4 Å². The first-order valence-electron chi connectivity index (χ1n) is 6.85. The predicted octanol–water partition coefficient (Wildman–Crippen LogP) is 1.99. The molecule has 0 radical (unpaired) electrons. The molecular weight excluding hydrogens is 260 g/mol. The zero-order valence-corrected chi connectivity index (χ0v) is 12.2. The van der Waals surface area contributed by atoms with Crippen LogP contribution in [0, 0.1) is 0 Å². The minimum absolute atomic E-state index is 0.0410. The Morgan fingerprint density at radius 2 is 0.650 bits per heavy atom. The SMILES string of the molecule is CC(=O)CCC(=O)CCC(=O)CCC(=O)CCC(C)=O. The number of carbonyl (C=O) groups excluding carboxylic acids is 5. The van der Waals surface area contributed by atoms with Crippen molar-refractivity contribution >= 4 is 28.9 Å². The molecule has 0 aromatic heterocycles. The highest BCUT2D eigenvalue weighted by Gasteiger charge is 2.11. The van der Waals surface area contributed by atoms with Crippen molar-refractivity contribution in [2.45, 2.75) is 65.2 Å². The van der Waals surface area contributed by atoms with Gasteiger partial charge in [0, 0.05) is 51.4 Å². The first-order valence-corrected chi connectivity index (χ1v) is 6.85. The molecule has 0 N–H and O–H groups in total. The first kappa shape index (κ1) is 18.4. The van der Waals surface area contributed by atoms with Gasteiger partial charge in [-0.1, -0.05) is 0 Å². The third kappa shape index (κ3) is 11.4. The largest absolute Gasteiger partial charge is 0.300 e. The molecule has 112 valence electrons. The van der Waals surface area contributed by atoms with Gasteiger partial charge >= 0.3 is 0 Å². The zero-order chi connectivity index (χ0) is 15.5. The molecule has 0 spiro atoms. The molecule has 20 heavy (non-hydrogen) atoms. The fraction of sp³-hybridized carbons (Fsp3) is 0.667. The van der Waals surface area contributed by atoms with Crippen molar-refractivity contribution in [2.24, 2.45) is 0 Å². The van der Waals surface area contributed by atoms with Crippen LogP contribution in [0.2, 0.25) is 0 Å². The van der Waals surface area contributed by atoms with Crippen LogP contribution in [0.3, 0.4) is 0 Å². The molecule has 0 saturated heterocycles. The van der Waals surface area contributed by atoms with Gasteiger partial charge in [0.15, 0.2) is 0 Å². The van der Waals surface area contributed by atoms with E-state index in [2.05, 4.69) is 0 Å². The first-order chi connectivity index (χ1) is 9.31. The summed E-state index contributed by atoms with van der Waals surface area (Å²) in [4.78, 5) is 55.6. The van der Waals surface area contributed by atoms with Gasteiger partial charge in [-0.15, -0.1) is 0 Å². The Balaban J connectivity index is 3.73. The Morgan fingerprint density at radius 3 is 0.850 bits per heavy atom. The van der Waals surface area contributed by atoms with Crippen molar-refractivity contribution in [1.82, 2.24) is 0 Å². The van der Waals surface area contributed by atoms with E-state index in [1.807, 2.05) is 0 Å². The Labute approximate surface area is 119 Å². The van der Waals surface area contributed by atoms with Crippen molar-refractivity contribution in [3.05, 3.63) is 0 Å². The number of hydrogen-bond donors (Lipinski definition) is 0. The zero-order valence-electron chi connectivity index (χ0n) is 12.2. The second-order valence-corrected chi connectivity index (χ2v) is 5.02. The molecule has 0 atom stereocenters. The molecule has 5 nitrogen and oxygen atoms in total. The lowest BCUT2D eigenvalue weighted by Gasteiger charge is -2.01. The van der Waals surface area contributed by atoms with Gasteiger partial charge in [-0.05, 0) is 13.8 Å². The summed E-state index contributed by atoms with van der Waals surface area (Å²) in [6.45, 7) is 2.84. The van der Waals surface area contributed by atoms with Crippen LogP contribution in [0.4, 0.5) is 0 Å². The monoisotopic (exact) mass is 282 g/mol. The van der Waals surface area contributed by atoms with Crippen LogP contribution in [0.5, 0.6) is 0 Å². The molecule has 0 aliphatic rings. The van der Waals surface area contributed by atoms with Crippen molar-refractivity contribution < 1.29 is 24.0 Å². The fourth-order valence-electron chi connectivity index (χ4n) is 1.56. The molecule has 0 aliphatic carbocycles. The van der Waals surface area contributed by atoms with Gasteiger partial charge in [0.05, 0.1) is 0 Å². The topological polar surface area (TPSA) is 85.3 Å². The molecule has 0 rings (SSSR count). The van der Waals surface area contributed by atoms with Crippen LogP contribution < -0.4 is 0 Å². The minimum Gasteiger partial charge on any atom is -0.300 e. The van der Waals surface area contributed by atoms with Crippen molar-refractivity contribution in [1.29, 1.82) is 0 Å². The molecule has 0 aromatic carbocycles. The molecule has 0 aliphatic heterocycles. The van der Waals surface area contributed by atoms with Crippen molar-refractivity contribution in [3.63, 3.8) is 0 Å². The Bertz CT molecular complexity index is 359. The molecular formula is C15H22O5. The molecule has 0 unspecified atom stereocenters. The van der Waals surface area contributed by atoms with Gasteiger partial charge < -0.3 is 9.59 Å². The molecule has 0 saturated carbocycles. The normalized spacial score (nSPS) is 10.1. The van der Waals surface area contributed by atoms with Crippen molar-refractivity contribution in [2.75, 3.05) is 0 Å². The molecule has 0 aromatic rings. The summed E-state index contributed by atoms with van der Waals surface area (Å²) in [6.07, 6.45) is 1.31. The van der Waals surface area contributed by atoms with E-state index in [0.29, 0.717) is 0 Å². The van der Waals surface area contributed by atoms with E-state index in [4.69, 9.17) is 0 Å². The summed E-state index contributed by atoms with van der Waals surface area (Å²) >= 11 is 0. The van der Waals surface area contributed by atoms with Crippen LogP contribution >= 0.6 is 0 Å². The van der Waals surface area contributed by atoms with Gasteiger partial charge in [-0.25, -0.2) is 0 Å². The number of rotatable bonds is 12. The van der Waals surface area contributed by atoms with E-state index in [1.165, 1.54) is 13.8 Å². The molecule has 0 fully saturated rings. The maximum absolute atomic E-state index is 11.5.